The second-order valence-electron chi connectivity index (χ2n) is 19.9. The maximum atomic E-state index is 12.9. The van der Waals surface area contributed by atoms with Crippen LogP contribution in [-0.4, -0.2) is 37.2 Å². The highest BCUT2D eigenvalue weighted by Gasteiger charge is 2.19. The lowest BCUT2D eigenvalue weighted by atomic mass is 10.1. The first-order chi connectivity index (χ1) is 35.5. The predicted molar refractivity (Wildman–Crippen MR) is 311 cm³/mol. The smallest absolute Gasteiger partial charge is 0.306 e. The van der Waals surface area contributed by atoms with E-state index in [0.717, 1.165) is 135 Å². The molecule has 0 aromatic rings. The number of ether oxygens (including phenoxy) is 3. The fourth-order valence-corrected chi connectivity index (χ4v) is 8.25. The summed E-state index contributed by atoms with van der Waals surface area (Å²) in [7, 11) is 0. The van der Waals surface area contributed by atoms with E-state index in [2.05, 4.69) is 118 Å². The van der Waals surface area contributed by atoms with Crippen LogP contribution in [0.2, 0.25) is 0 Å². The average molecular weight is 1000 g/mol. The van der Waals surface area contributed by atoms with E-state index in [4.69, 9.17) is 14.2 Å². The summed E-state index contributed by atoms with van der Waals surface area (Å²) in [4.78, 5) is 38.2. The van der Waals surface area contributed by atoms with Crippen molar-refractivity contribution in [1.29, 1.82) is 0 Å². The Morgan fingerprint density at radius 2 is 0.556 bits per heavy atom. The first kappa shape index (κ1) is 68.3. The monoisotopic (exact) mass is 1000 g/mol. The quantitative estimate of drug-likeness (QED) is 0.0261. The number of unbranched alkanes of at least 4 members (excludes halogenated alkanes) is 27. The van der Waals surface area contributed by atoms with Crippen LogP contribution < -0.4 is 0 Å². The van der Waals surface area contributed by atoms with E-state index in [-0.39, 0.29) is 31.1 Å². The molecule has 0 aliphatic heterocycles. The molecule has 1 atom stereocenters. The maximum Gasteiger partial charge on any atom is 0.306 e. The van der Waals surface area contributed by atoms with Crippen molar-refractivity contribution in [3.8, 4) is 0 Å². The Kier molecular flexibility index (Phi) is 56.8. The molecule has 0 fully saturated rings. The van der Waals surface area contributed by atoms with Crippen molar-refractivity contribution in [3.63, 3.8) is 0 Å². The molecular formula is C66H112O6. The van der Waals surface area contributed by atoms with Crippen LogP contribution in [0, 0.1) is 0 Å². The first-order valence-corrected chi connectivity index (χ1v) is 30.2. The Morgan fingerprint density at radius 1 is 0.292 bits per heavy atom. The fraction of sp³-hybridized carbons (Fsp3) is 0.712. The maximum absolute atomic E-state index is 12.9. The van der Waals surface area contributed by atoms with Crippen molar-refractivity contribution in [2.24, 2.45) is 0 Å². The molecule has 1 unspecified atom stereocenters. The summed E-state index contributed by atoms with van der Waals surface area (Å²) >= 11 is 0. The molecule has 412 valence electrons. The van der Waals surface area contributed by atoms with Crippen molar-refractivity contribution in [3.05, 3.63) is 97.2 Å². The van der Waals surface area contributed by atoms with Crippen LogP contribution >= 0.6 is 0 Å². The SMILES string of the molecule is CC/C=C\C/C=C\C/C=C\C/C=C\C/C=C\CCCCCCCCCCCC(=O)OCC(COC(=O)CCCCCCC/C=C\C/C=C\CCCC)OC(=O)CCCCCCC/C=C\CCCCCCCC. The standard InChI is InChI=1S/C66H112O6/c1-4-7-10-13-16-19-22-25-28-29-30-31-32-33-34-35-36-37-39-41-44-47-50-53-56-59-65(68)71-62-63(61-70-64(67)58-55-52-49-46-43-40-27-24-21-18-15-12-9-6-3)72-66(69)60-57-54-51-48-45-42-38-26-23-20-17-14-11-8-5-2/h7,10,15-16,18-19,24-28,30-31,33-34,38,63H,4-6,8-9,11-14,17,20-23,29,32,35-37,39-62H2,1-3H3/b10-7-,18-15-,19-16-,27-24-,28-25-,31-30-,34-33-,38-26-. The van der Waals surface area contributed by atoms with E-state index in [1.54, 1.807) is 0 Å². The molecule has 0 bridgehead atoms. The van der Waals surface area contributed by atoms with Crippen LogP contribution in [0.25, 0.3) is 0 Å². The highest BCUT2D eigenvalue weighted by atomic mass is 16.6. The van der Waals surface area contributed by atoms with Gasteiger partial charge < -0.3 is 14.2 Å². The molecule has 6 heteroatoms. The van der Waals surface area contributed by atoms with Gasteiger partial charge in [-0.2, -0.15) is 0 Å². The Labute approximate surface area is 445 Å². The molecule has 0 spiro atoms. The van der Waals surface area contributed by atoms with Gasteiger partial charge in [0.15, 0.2) is 6.10 Å². The van der Waals surface area contributed by atoms with Crippen molar-refractivity contribution in [2.45, 2.75) is 290 Å². The van der Waals surface area contributed by atoms with Crippen LogP contribution in [0.15, 0.2) is 97.2 Å². The van der Waals surface area contributed by atoms with Crippen molar-refractivity contribution < 1.29 is 28.6 Å². The van der Waals surface area contributed by atoms with Crippen LogP contribution in [0.1, 0.15) is 284 Å². The van der Waals surface area contributed by atoms with Gasteiger partial charge in [-0.05, 0) is 116 Å². The number of carbonyl (C=O) groups excluding carboxylic acids is 3. The second-order valence-corrected chi connectivity index (χ2v) is 19.9. The Morgan fingerprint density at radius 3 is 0.903 bits per heavy atom. The minimum absolute atomic E-state index is 0.0884. The molecule has 0 rings (SSSR count). The molecule has 0 amide bonds. The highest BCUT2D eigenvalue weighted by Crippen LogP contribution is 2.15. The molecule has 0 N–H and O–H groups in total. The number of allylic oxidation sites excluding steroid dienone is 16. The number of hydrogen-bond acceptors (Lipinski definition) is 6. The van der Waals surface area contributed by atoms with Crippen LogP contribution in [0.3, 0.4) is 0 Å². The van der Waals surface area contributed by atoms with Crippen molar-refractivity contribution in [2.75, 3.05) is 13.2 Å². The zero-order chi connectivity index (χ0) is 52.2. The van der Waals surface area contributed by atoms with Crippen molar-refractivity contribution in [1.82, 2.24) is 0 Å². The second kappa shape index (κ2) is 59.9. The van der Waals surface area contributed by atoms with Gasteiger partial charge in [-0.25, -0.2) is 0 Å². The van der Waals surface area contributed by atoms with Crippen LogP contribution in [0.5, 0.6) is 0 Å². The fourth-order valence-electron chi connectivity index (χ4n) is 8.25. The Bertz CT molecular complexity index is 1430. The van der Waals surface area contributed by atoms with Gasteiger partial charge in [0.2, 0.25) is 0 Å². The van der Waals surface area contributed by atoms with Gasteiger partial charge >= 0.3 is 17.9 Å². The van der Waals surface area contributed by atoms with Gasteiger partial charge in [0.25, 0.3) is 0 Å². The molecule has 0 saturated heterocycles. The minimum Gasteiger partial charge on any atom is -0.462 e. The van der Waals surface area contributed by atoms with Crippen molar-refractivity contribution >= 4 is 17.9 Å². The topological polar surface area (TPSA) is 78.9 Å². The van der Waals surface area contributed by atoms with Gasteiger partial charge in [0.05, 0.1) is 0 Å². The Balaban J connectivity index is 4.35. The summed E-state index contributed by atoms with van der Waals surface area (Å²) in [6, 6.07) is 0. The summed E-state index contributed by atoms with van der Waals surface area (Å²) in [6.45, 7) is 6.47. The third-order valence-electron chi connectivity index (χ3n) is 12.8. The molecule has 72 heavy (non-hydrogen) atoms. The van der Waals surface area contributed by atoms with E-state index in [1.165, 1.54) is 109 Å². The molecular weight excluding hydrogens is 889 g/mol. The molecule has 0 aromatic heterocycles. The average Bonchev–Trinajstić information content (AvgIpc) is 3.38. The predicted octanol–water partition coefficient (Wildman–Crippen LogP) is 20.5. The number of rotatable bonds is 54. The largest absolute Gasteiger partial charge is 0.462 e. The zero-order valence-electron chi connectivity index (χ0n) is 47.2. The van der Waals surface area contributed by atoms with Crippen LogP contribution in [0.4, 0.5) is 0 Å². The molecule has 0 aliphatic carbocycles. The molecule has 0 heterocycles. The summed E-state index contributed by atoms with van der Waals surface area (Å²) in [5, 5.41) is 0. The van der Waals surface area contributed by atoms with Gasteiger partial charge in [0, 0.05) is 19.3 Å². The van der Waals surface area contributed by atoms with E-state index in [0.29, 0.717) is 19.3 Å². The number of esters is 3. The molecule has 6 nitrogen and oxygen atoms in total. The molecule has 0 aliphatic rings. The zero-order valence-corrected chi connectivity index (χ0v) is 47.2. The number of carbonyl (C=O) groups is 3. The summed E-state index contributed by atoms with van der Waals surface area (Å²) < 4.78 is 16.9. The lowest BCUT2D eigenvalue weighted by Crippen LogP contribution is -2.30. The minimum atomic E-state index is -0.791. The molecule has 0 aromatic carbocycles. The molecule has 0 radical (unpaired) electrons. The van der Waals surface area contributed by atoms with Gasteiger partial charge in [-0.1, -0.05) is 246 Å². The normalized spacial score (nSPS) is 12.8. The van der Waals surface area contributed by atoms with E-state index in [1.807, 2.05) is 0 Å². The lowest BCUT2D eigenvalue weighted by molar-refractivity contribution is -0.167. The summed E-state index contributed by atoms with van der Waals surface area (Å²) in [6.07, 6.45) is 79.7. The van der Waals surface area contributed by atoms with Gasteiger partial charge in [-0.3, -0.25) is 14.4 Å². The summed E-state index contributed by atoms with van der Waals surface area (Å²) in [5.41, 5.74) is 0. The third kappa shape index (κ3) is 57.2. The highest BCUT2D eigenvalue weighted by molar-refractivity contribution is 5.71. The lowest BCUT2D eigenvalue weighted by Gasteiger charge is -2.18. The van der Waals surface area contributed by atoms with E-state index in [9.17, 15) is 14.4 Å². The Hall–Kier alpha value is -3.67. The van der Waals surface area contributed by atoms with Gasteiger partial charge in [0.1, 0.15) is 13.2 Å². The third-order valence-corrected chi connectivity index (χ3v) is 12.8. The van der Waals surface area contributed by atoms with Crippen LogP contribution in [-0.2, 0) is 28.6 Å². The van der Waals surface area contributed by atoms with E-state index < -0.39 is 6.10 Å². The first-order valence-electron chi connectivity index (χ1n) is 30.2. The molecule has 0 saturated carbocycles. The van der Waals surface area contributed by atoms with E-state index >= 15 is 0 Å². The van der Waals surface area contributed by atoms with Gasteiger partial charge in [-0.15, -0.1) is 0 Å². The number of hydrogen-bond donors (Lipinski definition) is 0. The summed E-state index contributed by atoms with van der Waals surface area (Å²) in [5.74, 6) is -0.911.